The first kappa shape index (κ1) is 8.48. The van der Waals surface area contributed by atoms with Crippen molar-refractivity contribution in [3.05, 3.63) is 36.7 Å². The van der Waals surface area contributed by atoms with E-state index in [0.717, 1.165) is 5.69 Å². The Morgan fingerprint density at radius 2 is 2.33 bits per heavy atom. The van der Waals surface area contributed by atoms with E-state index >= 15 is 0 Å². The zero-order valence-corrected chi connectivity index (χ0v) is 6.59. The summed E-state index contributed by atoms with van der Waals surface area (Å²) >= 11 is 0. The van der Waals surface area contributed by atoms with Gasteiger partial charge in [-0.3, -0.25) is 9.97 Å². The van der Waals surface area contributed by atoms with E-state index in [1.165, 1.54) is 11.2 Å². The summed E-state index contributed by atoms with van der Waals surface area (Å²) < 4.78 is 0. The highest BCUT2D eigenvalue weighted by atomic mass is 15.4. The molecule has 64 valence electrons. The zero-order valence-electron chi connectivity index (χ0n) is 6.59. The van der Waals surface area contributed by atoms with E-state index in [2.05, 4.69) is 9.97 Å². The minimum Gasteiger partial charge on any atom is -0.403 e. The van der Waals surface area contributed by atoms with Crippen molar-refractivity contribution in [3.8, 4) is 0 Å². The smallest absolute Gasteiger partial charge is 0.0795 e. The largest absolute Gasteiger partial charge is 0.403 e. The van der Waals surface area contributed by atoms with Crippen LogP contribution in [0, 0.1) is 0 Å². The lowest BCUT2D eigenvalue weighted by molar-refractivity contribution is 0.380. The molecule has 0 aliphatic heterocycles. The second kappa shape index (κ2) is 4.30. The van der Waals surface area contributed by atoms with Crippen molar-refractivity contribution >= 4 is 0 Å². The van der Waals surface area contributed by atoms with Crippen LogP contribution in [-0.4, -0.2) is 15.0 Å². The molecule has 0 atom stereocenters. The third kappa shape index (κ3) is 2.55. The predicted molar refractivity (Wildman–Crippen MR) is 45.1 cm³/mol. The molecule has 0 aliphatic rings. The molecule has 4 N–H and O–H groups in total. The Morgan fingerprint density at radius 1 is 1.50 bits per heavy atom. The van der Waals surface area contributed by atoms with Crippen molar-refractivity contribution in [2.45, 2.75) is 6.54 Å². The number of nitrogens with two attached hydrogens (primary N) is 2. The van der Waals surface area contributed by atoms with Crippen LogP contribution in [0.3, 0.4) is 0 Å². The number of aromatic nitrogens is 2. The molecule has 5 nitrogen and oxygen atoms in total. The fraction of sp³-hybridized carbons (Fsp3) is 0.143. The van der Waals surface area contributed by atoms with Gasteiger partial charge in [0.2, 0.25) is 0 Å². The quantitative estimate of drug-likeness (QED) is 0.469. The first-order valence-corrected chi connectivity index (χ1v) is 3.47. The van der Waals surface area contributed by atoms with Crippen LogP contribution in [0.5, 0.6) is 0 Å². The number of rotatable bonds is 3. The van der Waals surface area contributed by atoms with Crippen LogP contribution in [0.2, 0.25) is 0 Å². The summed E-state index contributed by atoms with van der Waals surface area (Å²) in [5, 5.41) is 1.43. The van der Waals surface area contributed by atoms with E-state index in [4.69, 9.17) is 11.6 Å². The molecule has 0 saturated heterocycles. The maximum atomic E-state index is 5.51. The van der Waals surface area contributed by atoms with Gasteiger partial charge >= 0.3 is 0 Å². The molecular weight excluding hydrogens is 154 g/mol. The van der Waals surface area contributed by atoms with Crippen LogP contribution in [0.25, 0.3) is 0 Å². The Balaban J connectivity index is 2.52. The molecule has 1 aromatic rings. The summed E-state index contributed by atoms with van der Waals surface area (Å²) in [6.45, 7) is 0.502. The average molecular weight is 165 g/mol. The molecule has 0 aliphatic carbocycles. The van der Waals surface area contributed by atoms with Crippen LogP contribution in [0.15, 0.2) is 31.0 Å². The maximum absolute atomic E-state index is 5.51. The molecule has 0 bridgehead atoms. The Labute approximate surface area is 70.7 Å². The first-order chi connectivity index (χ1) is 5.83. The van der Waals surface area contributed by atoms with Crippen molar-refractivity contribution in [2.75, 3.05) is 0 Å². The van der Waals surface area contributed by atoms with Crippen LogP contribution < -0.4 is 11.6 Å². The second-order valence-corrected chi connectivity index (χ2v) is 2.21. The molecule has 1 rings (SSSR count). The molecule has 0 radical (unpaired) electrons. The average Bonchev–Trinajstić information content (AvgIpc) is 2.06. The number of hydrogen-bond acceptors (Lipinski definition) is 5. The highest BCUT2D eigenvalue weighted by Crippen LogP contribution is 1.93. The normalized spacial score (nSPS) is 10.4. The van der Waals surface area contributed by atoms with Gasteiger partial charge in [-0.2, -0.15) is 0 Å². The maximum Gasteiger partial charge on any atom is 0.0795 e. The first-order valence-electron chi connectivity index (χ1n) is 3.47. The van der Waals surface area contributed by atoms with Crippen LogP contribution >= 0.6 is 0 Å². The topological polar surface area (TPSA) is 81.1 Å². The van der Waals surface area contributed by atoms with Crippen LogP contribution in [-0.2, 0) is 6.54 Å². The second-order valence-electron chi connectivity index (χ2n) is 2.21. The van der Waals surface area contributed by atoms with Crippen molar-refractivity contribution in [1.29, 1.82) is 0 Å². The Kier molecular flexibility index (Phi) is 3.04. The zero-order chi connectivity index (χ0) is 8.81. The van der Waals surface area contributed by atoms with Gasteiger partial charge in [0.15, 0.2) is 0 Å². The van der Waals surface area contributed by atoms with E-state index in [9.17, 15) is 0 Å². The molecular formula is C7H11N5. The van der Waals surface area contributed by atoms with Crippen molar-refractivity contribution in [1.82, 2.24) is 15.0 Å². The van der Waals surface area contributed by atoms with Gasteiger partial charge in [0.1, 0.15) is 0 Å². The molecule has 12 heavy (non-hydrogen) atoms. The highest BCUT2D eigenvalue weighted by Gasteiger charge is 1.95. The SMILES string of the molecule is N/C=C\N(N)Cc1cnccn1. The van der Waals surface area contributed by atoms with Crippen molar-refractivity contribution < 1.29 is 0 Å². The summed E-state index contributed by atoms with van der Waals surface area (Å²) in [4.78, 5) is 7.94. The van der Waals surface area contributed by atoms with E-state index < -0.39 is 0 Å². The van der Waals surface area contributed by atoms with Gasteiger partial charge in [-0.1, -0.05) is 0 Å². The minimum absolute atomic E-state index is 0.502. The van der Waals surface area contributed by atoms with Gasteiger partial charge in [0.05, 0.1) is 18.4 Å². The summed E-state index contributed by atoms with van der Waals surface area (Å²) in [5.41, 5.74) is 5.95. The summed E-state index contributed by atoms with van der Waals surface area (Å²) in [7, 11) is 0. The molecule has 1 aromatic heterocycles. The van der Waals surface area contributed by atoms with E-state index in [0.29, 0.717) is 6.54 Å². The summed E-state index contributed by atoms with van der Waals surface area (Å²) in [6, 6.07) is 0. The summed E-state index contributed by atoms with van der Waals surface area (Å²) in [6.07, 6.45) is 7.83. The molecule has 1 heterocycles. The van der Waals surface area contributed by atoms with Gasteiger partial charge in [0, 0.05) is 24.8 Å². The van der Waals surface area contributed by atoms with Crippen LogP contribution in [0.1, 0.15) is 5.69 Å². The third-order valence-electron chi connectivity index (χ3n) is 1.24. The lowest BCUT2D eigenvalue weighted by Gasteiger charge is -2.11. The molecule has 0 saturated carbocycles. The fourth-order valence-electron chi connectivity index (χ4n) is 0.762. The molecule has 0 fully saturated rings. The van der Waals surface area contributed by atoms with Gasteiger partial charge in [0.25, 0.3) is 0 Å². The standard InChI is InChI=1S/C7H11N5/c8-1-4-12(9)6-7-5-10-2-3-11-7/h1-5H,6,8-9H2/b4-1-. The Bertz CT molecular complexity index is 245. The number of nitrogens with zero attached hydrogens (tertiary/aromatic N) is 3. The monoisotopic (exact) mass is 165 g/mol. The van der Waals surface area contributed by atoms with Gasteiger partial charge < -0.3 is 10.7 Å². The van der Waals surface area contributed by atoms with Gasteiger partial charge in [-0.05, 0) is 0 Å². The number of hydrazine groups is 1. The fourth-order valence-corrected chi connectivity index (χ4v) is 0.762. The van der Waals surface area contributed by atoms with E-state index in [1.807, 2.05) is 0 Å². The highest BCUT2D eigenvalue weighted by molar-refractivity contribution is 4.95. The third-order valence-corrected chi connectivity index (χ3v) is 1.24. The van der Waals surface area contributed by atoms with E-state index in [-0.39, 0.29) is 0 Å². The predicted octanol–water partition coefficient (Wildman–Crippen LogP) is -0.418. The molecule has 0 unspecified atom stereocenters. The van der Waals surface area contributed by atoms with Crippen molar-refractivity contribution in [3.63, 3.8) is 0 Å². The minimum atomic E-state index is 0.502. The van der Waals surface area contributed by atoms with E-state index in [1.54, 1.807) is 24.8 Å². The molecule has 5 heteroatoms. The lowest BCUT2D eigenvalue weighted by Crippen LogP contribution is -2.25. The molecule has 0 spiro atoms. The van der Waals surface area contributed by atoms with Crippen molar-refractivity contribution in [2.24, 2.45) is 11.6 Å². The molecule has 0 aromatic carbocycles. The molecule has 0 amide bonds. The Hall–Kier alpha value is -1.62. The lowest BCUT2D eigenvalue weighted by atomic mass is 10.4. The Morgan fingerprint density at radius 3 is 2.92 bits per heavy atom. The van der Waals surface area contributed by atoms with Crippen LogP contribution in [0.4, 0.5) is 0 Å². The summed E-state index contributed by atoms with van der Waals surface area (Å²) in [5.74, 6) is 5.51. The van der Waals surface area contributed by atoms with Gasteiger partial charge in [-0.15, -0.1) is 0 Å². The van der Waals surface area contributed by atoms with Gasteiger partial charge in [-0.25, -0.2) is 5.84 Å². The number of hydrogen-bond donors (Lipinski definition) is 2.